The number of aliphatic hydroxyl groups is 1. The zero-order chi connectivity index (χ0) is 15.0. The van der Waals surface area contributed by atoms with Crippen LogP contribution in [0.1, 0.15) is 12.5 Å². The summed E-state index contributed by atoms with van der Waals surface area (Å²) in [5, 5.41) is 11.7. The molecular formula is C13H18N2O5. The molecule has 0 aromatic heterocycles. The topological polar surface area (TPSA) is 96.9 Å². The third-order valence-corrected chi connectivity index (χ3v) is 2.45. The van der Waals surface area contributed by atoms with Crippen molar-refractivity contribution in [1.82, 2.24) is 10.8 Å². The Morgan fingerprint density at radius 1 is 1.30 bits per heavy atom. The van der Waals surface area contributed by atoms with Crippen molar-refractivity contribution in [2.45, 2.75) is 25.7 Å². The van der Waals surface area contributed by atoms with E-state index in [0.717, 1.165) is 5.56 Å². The number of hydroxylamine groups is 1. The van der Waals surface area contributed by atoms with Crippen molar-refractivity contribution in [1.29, 1.82) is 0 Å². The Kier molecular flexibility index (Phi) is 6.48. The Labute approximate surface area is 116 Å². The van der Waals surface area contributed by atoms with Crippen molar-refractivity contribution in [3.05, 3.63) is 35.9 Å². The predicted octanol–water partition coefficient (Wildman–Crippen LogP) is 0.340. The van der Waals surface area contributed by atoms with Crippen LogP contribution in [0.15, 0.2) is 30.3 Å². The number of aliphatic hydroxyl groups excluding tert-OH is 1. The van der Waals surface area contributed by atoms with Crippen LogP contribution in [0.2, 0.25) is 0 Å². The summed E-state index contributed by atoms with van der Waals surface area (Å²) in [5.41, 5.74) is 2.85. The molecule has 0 saturated carbocycles. The highest BCUT2D eigenvalue weighted by Gasteiger charge is 2.26. The molecule has 2 atom stereocenters. The quantitative estimate of drug-likeness (QED) is 0.654. The fourth-order valence-corrected chi connectivity index (χ4v) is 1.46. The molecule has 0 aliphatic carbocycles. The molecule has 1 aromatic carbocycles. The molecule has 0 fully saturated rings. The number of hydrogen-bond acceptors (Lipinski definition) is 5. The summed E-state index contributed by atoms with van der Waals surface area (Å²) in [4.78, 5) is 27.5. The lowest BCUT2D eigenvalue weighted by Crippen LogP contribution is -2.52. The summed E-state index contributed by atoms with van der Waals surface area (Å²) in [6.07, 6.45) is -1.89. The third kappa shape index (κ3) is 5.25. The van der Waals surface area contributed by atoms with Gasteiger partial charge in [0.25, 0.3) is 5.91 Å². The number of benzene rings is 1. The molecule has 1 rings (SSSR count). The molecule has 20 heavy (non-hydrogen) atoms. The van der Waals surface area contributed by atoms with E-state index >= 15 is 0 Å². The Balaban J connectivity index is 2.48. The van der Waals surface area contributed by atoms with Gasteiger partial charge in [-0.15, -0.1) is 0 Å². The maximum atomic E-state index is 11.6. The monoisotopic (exact) mass is 282 g/mol. The number of carbonyl (C=O) groups excluding carboxylic acids is 2. The summed E-state index contributed by atoms with van der Waals surface area (Å²) in [5.74, 6) is -0.667. The predicted molar refractivity (Wildman–Crippen MR) is 70.4 cm³/mol. The van der Waals surface area contributed by atoms with Crippen molar-refractivity contribution in [2.24, 2.45) is 0 Å². The zero-order valence-electron chi connectivity index (χ0n) is 11.3. The molecule has 110 valence electrons. The number of alkyl carbamates (subject to hydrolysis) is 1. The minimum Gasteiger partial charge on any atom is -0.445 e. The second-order valence-electron chi connectivity index (χ2n) is 4.09. The number of nitrogens with one attached hydrogen (secondary N) is 2. The Hall–Kier alpha value is -2.12. The van der Waals surface area contributed by atoms with Gasteiger partial charge in [-0.25, -0.2) is 10.3 Å². The highest BCUT2D eigenvalue weighted by atomic mass is 16.6. The molecule has 0 heterocycles. The van der Waals surface area contributed by atoms with Gasteiger partial charge in [0.05, 0.1) is 13.2 Å². The summed E-state index contributed by atoms with van der Waals surface area (Å²) >= 11 is 0. The van der Waals surface area contributed by atoms with Gasteiger partial charge in [-0.3, -0.25) is 9.63 Å². The van der Waals surface area contributed by atoms with E-state index in [4.69, 9.17) is 4.74 Å². The van der Waals surface area contributed by atoms with Crippen LogP contribution in [0.5, 0.6) is 0 Å². The lowest BCUT2D eigenvalue weighted by Gasteiger charge is -2.19. The molecule has 0 aliphatic heterocycles. The van der Waals surface area contributed by atoms with Crippen molar-refractivity contribution < 1.29 is 24.3 Å². The van der Waals surface area contributed by atoms with Crippen LogP contribution in [-0.4, -0.2) is 36.4 Å². The minimum absolute atomic E-state index is 0.0745. The highest BCUT2D eigenvalue weighted by Crippen LogP contribution is 2.01. The average Bonchev–Trinajstić information content (AvgIpc) is 2.43. The number of rotatable bonds is 6. The molecule has 0 unspecified atom stereocenters. The van der Waals surface area contributed by atoms with Gasteiger partial charge < -0.3 is 15.2 Å². The number of amides is 2. The molecule has 0 aliphatic rings. The minimum atomic E-state index is -1.15. The van der Waals surface area contributed by atoms with Gasteiger partial charge in [-0.05, 0) is 12.5 Å². The van der Waals surface area contributed by atoms with E-state index in [2.05, 4.69) is 10.2 Å². The molecule has 3 N–H and O–H groups in total. The van der Waals surface area contributed by atoms with Crippen LogP contribution in [0, 0.1) is 0 Å². The molecule has 1 aromatic rings. The van der Waals surface area contributed by atoms with E-state index in [1.54, 1.807) is 12.1 Å². The van der Waals surface area contributed by atoms with E-state index < -0.39 is 24.1 Å². The first-order valence-electron chi connectivity index (χ1n) is 6.02. The summed E-state index contributed by atoms with van der Waals surface area (Å²) in [7, 11) is 1.25. The second kappa shape index (κ2) is 8.13. The van der Waals surface area contributed by atoms with Gasteiger partial charge in [0, 0.05) is 0 Å². The van der Waals surface area contributed by atoms with Crippen molar-refractivity contribution in [2.75, 3.05) is 7.11 Å². The van der Waals surface area contributed by atoms with Crippen LogP contribution in [0.25, 0.3) is 0 Å². The third-order valence-electron chi connectivity index (χ3n) is 2.45. The summed E-state index contributed by atoms with van der Waals surface area (Å²) < 4.78 is 4.96. The molecule has 0 saturated heterocycles. The van der Waals surface area contributed by atoms with E-state index in [9.17, 15) is 14.7 Å². The van der Waals surface area contributed by atoms with E-state index in [0.29, 0.717) is 0 Å². The van der Waals surface area contributed by atoms with E-state index in [1.807, 2.05) is 23.7 Å². The zero-order valence-corrected chi connectivity index (χ0v) is 11.3. The summed E-state index contributed by atoms with van der Waals surface area (Å²) in [6, 6.07) is 7.94. The van der Waals surface area contributed by atoms with Crippen LogP contribution in [-0.2, 0) is 21.0 Å². The van der Waals surface area contributed by atoms with Gasteiger partial charge in [-0.2, -0.15) is 0 Å². The van der Waals surface area contributed by atoms with Crippen molar-refractivity contribution >= 4 is 12.0 Å². The maximum Gasteiger partial charge on any atom is 0.408 e. The van der Waals surface area contributed by atoms with Gasteiger partial charge in [0.2, 0.25) is 0 Å². The van der Waals surface area contributed by atoms with Gasteiger partial charge in [0.15, 0.2) is 0 Å². The first-order valence-corrected chi connectivity index (χ1v) is 6.02. The van der Waals surface area contributed by atoms with Crippen molar-refractivity contribution in [3.63, 3.8) is 0 Å². The Morgan fingerprint density at radius 2 is 1.95 bits per heavy atom. The lowest BCUT2D eigenvalue weighted by atomic mass is 10.2. The normalized spacial score (nSPS) is 13.2. The molecule has 7 nitrogen and oxygen atoms in total. The smallest absolute Gasteiger partial charge is 0.408 e. The summed E-state index contributed by atoms with van der Waals surface area (Å²) in [6.45, 7) is 1.45. The van der Waals surface area contributed by atoms with Crippen LogP contribution in [0.4, 0.5) is 4.79 Å². The van der Waals surface area contributed by atoms with Crippen LogP contribution in [0.3, 0.4) is 0 Å². The molecule has 0 bridgehead atoms. The highest BCUT2D eigenvalue weighted by molar-refractivity contribution is 5.85. The van der Waals surface area contributed by atoms with E-state index in [-0.39, 0.29) is 6.61 Å². The molecule has 2 amide bonds. The number of hydrogen-bond donors (Lipinski definition) is 3. The first kappa shape index (κ1) is 15.9. The van der Waals surface area contributed by atoms with Crippen LogP contribution < -0.4 is 10.8 Å². The number of carbonyl (C=O) groups is 2. The largest absolute Gasteiger partial charge is 0.445 e. The molecule has 0 radical (unpaired) electrons. The Morgan fingerprint density at radius 3 is 2.50 bits per heavy atom. The lowest BCUT2D eigenvalue weighted by molar-refractivity contribution is -0.135. The molecular weight excluding hydrogens is 264 g/mol. The Bertz CT molecular complexity index is 436. The van der Waals surface area contributed by atoms with Gasteiger partial charge in [0.1, 0.15) is 12.6 Å². The van der Waals surface area contributed by atoms with Crippen molar-refractivity contribution in [3.8, 4) is 0 Å². The standard InChI is InChI=1S/C13H18N2O5/c1-9(16)11(12(17)15-19-2)14-13(18)20-8-10-6-4-3-5-7-10/h3-7,9,11,16H,8H2,1-2H3,(H,14,18)(H,15,17)/t9-,11+/m1/s1. The SMILES string of the molecule is CONC(=O)[C@@H](NC(=O)OCc1ccccc1)[C@@H](C)O. The fraction of sp³-hybridized carbons (Fsp3) is 0.385. The van der Waals surface area contributed by atoms with Gasteiger partial charge in [-0.1, -0.05) is 30.3 Å². The molecule has 7 heteroatoms. The maximum absolute atomic E-state index is 11.6. The second-order valence-corrected chi connectivity index (χ2v) is 4.09. The number of ether oxygens (including phenoxy) is 1. The van der Waals surface area contributed by atoms with Crippen LogP contribution >= 0.6 is 0 Å². The average molecular weight is 282 g/mol. The fourth-order valence-electron chi connectivity index (χ4n) is 1.46. The first-order chi connectivity index (χ1) is 9.54. The van der Waals surface area contributed by atoms with Gasteiger partial charge >= 0.3 is 6.09 Å². The van der Waals surface area contributed by atoms with E-state index in [1.165, 1.54) is 14.0 Å². The molecule has 0 spiro atoms.